The van der Waals surface area contributed by atoms with Gasteiger partial charge < -0.3 is 25.6 Å². The highest BCUT2D eigenvalue weighted by molar-refractivity contribution is 6.30. The summed E-state index contributed by atoms with van der Waals surface area (Å²) in [6.07, 6.45) is 9.77. The summed E-state index contributed by atoms with van der Waals surface area (Å²) in [5, 5.41) is 9.22. The van der Waals surface area contributed by atoms with Crippen molar-refractivity contribution < 1.29 is 23.5 Å². The van der Waals surface area contributed by atoms with E-state index >= 15 is 0 Å². The third-order valence-electron chi connectivity index (χ3n) is 6.64. The summed E-state index contributed by atoms with van der Waals surface area (Å²) in [5.74, 6) is -0.158. The number of ether oxygens (including phenoxy) is 1. The summed E-state index contributed by atoms with van der Waals surface area (Å²) >= 11 is 6.14. The van der Waals surface area contributed by atoms with Gasteiger partial charge in [0.25, 0.3) is 0 Å². The Morgan fingerprint density at radius 3 is 2.65 bits per heavy atom. The van der Waals surface area contributed by atoms with Gasteiger partial charge >= 0.3 is 0 Å². The van der Waals surface area contributed by atoms with Gasteiger partial charge in [-0.2, -0.15) is 0 Å². The van der Waals surface area contributed by atoms with E-state index in [9.17, 15) is 18.8 Å². The van der Waals surface area contributed by atoms with Gasteiger partial charge in [0.05, 0.1) is 19.1 Å². The van der Waals surface area contributed by atoms with Gasteiger partial charge in [-0.3, -0.25) is 14.4 Å². The van der Waals surface area contributed by atoms with Crippen LogP contribution in [-0.2, 0) is 20.8 Å². The van der Waals surface area contributed by atoms with Crippen molar-refractivity contribution >= 4 is 29.3 Å². The molecular formula is C30H42ClFN4O4. The van der Waals surface area contributed by atoms with E-state index in [1.807, 2.05) is 39.0 Å². The molecule has 0 saturated heterocycles. The van der Waals surface area contributed by atoms with Gasteiger partial charge in [0, 0.05) is 25.2 Å². The quantitative estimate of drug-likeness (QED) is 0.492. The van der Waals surface area contributed by atoms with Crippen LogP contribution >= 0.6 is 11.6 Å². The molecule has 3 rings (SSSR count). The number of hydrogen-bond acceptors (Lipinski definition) is 5. The van der Waals surface area contributed by atoms with Crippen molar-refractivity contribution in [2.75, 3.05) is 39.8 Å². The Morgan fingerprint density at radius 1 is 1.12 bits per heavy atom. The van der Waals surface area contributed by atoms with Crippen LogP contribution in [0.5, 0.6) is 5.75 Å². The van der Waals surface area contributed by atoms with E-state index in [1.54, 1.807) is 25.3 Å². The third-order valence-corrected chi connectivity index (χ3v) is 6.87. The maximum Gasteiger partial charge on any atom is 0.240 e. The molecule has 1 aromatic carbocycles. The van der Waals surface area contributed by atoms with Crippen LogP contribution < -0.4 is 20.7 Å². The lowest BCUT2D eigenvalue weighted by Gasteiger charge is -2.28. The second kappa shape index (κ2) is 17.5. The standard InChI is InChI=1S/C22H33ClN4O4.C8H9F/c1-4-15(2)21-22(30)27(3)14-20(29)26-13-19(28)24-9-5-6-16-7-8-17(23)12-18(16)31-11-10-25-21;1-7-3-2-4-8(9)6-5-7/h7-8,12,15,21,25H,4-6,9-11,13-14H2,1-3H3,(H,24,28)(H,26,29);3-6H,2H2,1H3. The zero-order valence-corrected chi connectivity index (χ0v) is 24.7. The van der Waals surface area contributed by atoms with Crippen LogP contribution in [0.3, 0.4) is 0 Å². The van der Waals surface area contributed by atoms with E-state index in [-0.39, 0.29) is 42.6 Å². The number of nitrogens with zero attached hydrogens (tertiary/aromatic N) is 1. The molecule has 1 aliphatic carbocycles. The second-order valence-electron chi connectivity index (χ2n) is 9.95. The molecule has 220 valence electrons. The van der Waals surface area contributed by atoms with E-state index in [1.165, 1.54) is 11.0 Å². The van der Waals surface area contributed by atoms with Gasteiger partial charge in [0.15, 0.2) is 0 Å². The van der Waals surface area contributed by atoms with Crippen molar-refractivity contribution in [3.63, 3.8) is 0 Å². The Balaban J connectivity index is 0.000000526. The predicted molar refractivity (Wildman–Crippen MR) is 157 cm³/mol. The molecule has 0 aromatic heterocycles. The molecular weight excluding hydrogens is 535 g/mol. The van der Waals surface area contributed by atoms with Crippen molar-refractivity contribution in [1.29, 1.82) is 0 Å². The molecule has 2 atom stereocenters. The number of carbonyl (C=O) groups excluding carboxylic acids is 3. The number of carbonyl (C=O) groups is 3. The lowest BCUT2D eigenvalue weighted by molar-refractivity contribution is -0.137. The first kappa shape index (κ1) is 33.0. The molecule has 3 N–H and O–H groups in total. The first-order valence-corrected chi connectivity index (χ1v) is 14.1. The molecule has 40 heavy (non-hydrogen) atoms. The second-order valence-corrected chi connectivity index (χ2v) is 10.4. The average Bonchev–Trinajstić information content (AvgIpc) is 3.12. The van der Waals surface area contributed by atoms with Crippen LogP contribution in [0.25, 0.3) is 0 Å². The predicted octanol–water partition coefficient (Wildman–Crippen LogP) is 4.11. The molecule has 0 fully saturated rings. The first-order chi connectivity index (χ1) is 19.1. The van der Waals surface area contributed by atoms with Crippen LogP contribution in [0.1, 0.15) is 45.6 Å². The van der Waals surface area contributed by atoms with Crippen LogP contribution in [0, 0.1) is 5.92 Å². The molecule has 8 nitrogen and oxygen atoms in total. The Bertz CT molecular complexity index is 1090. The molecule has 2 aliphatic rings. The van der Waals surface area contributed by atoms with Gasteiger partial charge in [0.1, 0.15) is 18.2 Å². The number of nitrogens with one attached hydrogen (secondary N) is 3. The number of benzene rings is 1. The Labute approximate surface area is 242 Å². The number of hydrogen-bond donors (Lipinski definition) is 3. The van der Waals surface area contributed by atoms with Crippen molar-refractivity contribution in [3.8, 4) is 5.75 Å². The monoisotopic (exact) mass is 576 g/mol. The fourth-order valence-corrected chi connectivity index (χ4v) is 4.21. The van der Waals surface area contributed by atoms with Gasteiger partial charge in [-0.15, -0.1) is 0 Å². The molecule has 10 heteroatoms. The fraction of sp³-hybridized carbons (Fsp3) is 0.500. The summed E-state index contributed by atoms with van der Waals surface area (Å²) in [5.41, 5.74) is 2.13. The molecule has 1 heterocycles. The SMILES string of the molecule is CC1=CCC=C(F)C=C1.CCC(C)C1NCCOc2cc(Cl)ccc2CCCNC(=O)CNC(=O)CN(C)C1=O. The smallest absolute Gasteiger partial charge is 0.240 e. The lowest BCUT2D eigenvalue weighted by atomic mass is 9.98. The summed E-state index contributed by atoms with van der Waals surface area (Å²) in [7, 11) is 1.59. The topological polar surface area (TPSA) is 99.8 Å². The normalized spacial score (nSPS) is 20.5. The minimum absolute atomic E-state index is 0.0797. The van der Waals surface area contributed by atoms with E-state index < -0.39 is 6.04 Å². The van der Waals surface area contributed by atoms with Crippen LogP contribution in [-0.4, -0.2) is 68.5 Å². The largest absolute Gasteiger partial charge is 0.492 e. The molecule has 0 bridgehead atoms. The van der Waals surface area contributed by atoms with Crippen LogP contribution in [0.4, 0.5) is 4.39 Å². The number of amides is 3. The highest BCUT2D eigenvalue weighted by atomic mass is 35.5. The van der Waals surface area contributed by atoms with Gasteiger partial charge in [-0.1, -0.05) is 55.7 Å². The number of allylic oxidation sites excluding steroid dienone is 6. The van der Waals surface area contributed by atoms with E-state index in [0.717, 1.165) is 24.0 Å². The lowest BCUT2D eigenvalue weighted by Crippen LogP contribution is -2.52. The van der Waals surface area contributed by atoms with Crippen molar-refractivity contribution in [1.82, 2.24) is 20.9 Å². The maximum atomic E-state index is 12.9. The van der Waals surface area contributed by atoms with E-state index in [2.05, 4.69) is 16.0 Å². The van der Waals surface area contributed by atoms with Gasteiger partial charge in [-0.05, 0) is 62.0 Å². The number of rotatable bonds is 2. The zero-order chi connectivity index (χ0) is 29.5. The highest BCUT2D eigenvalue weighted by Gasteiger charge is 2.27. The van der Waals surface area contributed by atoms with Crippen molar-refractivity contribution in [2.24, 2.45) is 5.92 Å². The maximum absolute atomic E-state index is 12.9. The average molecular weight is 577 g/mol. The molecule has 1 aromatic rings. The molecule has 2 unspecified atom stereocenters. The van der Waals surface area contributed by atoms with E-state index in [0.29, 0.717) is 43.3 Å². The highest BCUT2D eigenvalue weighted by Crippen LogP contribution is 2.24. The molecule has 0 radical (unpaired) electrons. The minimum Gasteiger partial charge on any atom is -0.492 e. The van der Waals surface area contributed by atoms with Crippen molar-refractivity contribution in [2.45, 2.75) is 52.5 Å². The number of halogens is 2. The first-order valence-electron chi connectivity index (χ1n) is 13.7. The Morgan fingerprint density at radius 2 is 1.90 bits per heavy atom. The number of aryl methyl sites for hydroxylation is 1. The van der Waals surface area contributed by atoms with Gasteiger partial charge in [0.2, 0.25) is 17.7 Å². The summed E-state index contributed by atoms with van der Waals surface area (Å²) in [6, 6.07) is 5.09. The summed E-state index contributed by atoms with van der Waals surface area (Å²) in [4.78, 5) is 38.5. The van der Waals surface area contributed by atoms with Crippen LogP contribution in [0.15, 0.2) is 53.9 Å². The molecule has 0 spiro atoms. The fourth-order valence-electron chi connectivity index (χ4n) is 4.05. The minimum atomic E-state index is -0.438. The van der Waals surface area contributed by atoms with E-state index in [4.69, 9.17) is 16.3 Å². The molecule has 3 amide bonds. The van der Waals surface area contributed by atoms with Gasteiger partial charge in [-0.25, -0.2) is 4.39 Å². The third kappa shape index (κ3) is 11.9. The molecule has 1 aliphatic heterocycles. The Hall–Kier alpha value is -3.17. The molecule has 0 saturated carbocycles. The van der Waals surface area contributed by atoms with Crippen molar-refractivity contribution in [3.05, 3.63) is 64.5 Å². The Kier molecular flexibility index (Phi) is 14.5. The number of fused-ring (bicyclic) bond motifs is 1. The van der Waals surface area contributed by atoms with Crippen LogP contribution in [0.2, 0.25) is 5.02 Å². The zero-order valence-electron chi connectivity index (χ0n) is 23.9. The summed E-state index contributed by atoms with van der Waals surface area (Å²) < 4.78 is 18.3. The number of likely N-dealkylation sites (N-methyl/N-ethyl adjacent to an activating group) is 1. The summed E-state index contributed by atoms with van der Waals surface area (Å²) in [6.45, 7) is 7.07.